The molecule has 0 fully saturated rings. The zero-order valence-corrected chi connectivity index (χ0v) is 15.2. The molecule has 0 aliphatic rings. The Morgan fingerprint density at radius 1 is 1.42 bits per heavy atom. The lowest BCUT2D eigenvalue weighted by Crippen LogP contribution is -2.25. The number of aryl methyl sites for hydroxylation is 2. The molecule has 2 aromatic heterocycles. The number of rotatable bonds is 5. The normalized spacial score (nSPS) is 11.0. The fourth-order valence-electron chi connectivity index (χ4n) is 2.41. The minimum absolute atomic E-state index is 0.108. The van der Waals surface area contributed by atoms with Crippen LogP contribution in [0, 0.1) is 13.8 Å². The van der Waals surface area contributed by atoms with Crippen LogP contribution in [0.4, 0.5) is 0 Å². The molecule has 1 amide bonds. The fourth-order valence-corrected chi connectivity index (χ4v) is 3.45. The number of aromatic nitrogens is 3. The third kappa shape index (κ3) is 3.37. The Labute approximate surface area is 148 Å². The molecule has 24 heavy (non-hydrogen) atoms. The van der Waals surface area contributed by atoms with E-state index in [9.17, 15) is 4.79 Å². The maximum atomic E-state index is 12.2. The van der Waals surface area contributed by atoms with Gasteiger partial charge in [-0.05, 0) is 31.5 Å². The van der Waals surface area contributed by atoms with Gasteiger partial charge in [0.05, 0.1) is 31.5 Å². The molecular formula is C16H17ClN4O2S. The summed E-state index contributed by atoms with van der Waals surface area (Å²) in [7, 11) is 1.58. The van der Waals surface area contributed by atoms with E-state index in [0.717, 1.165) is 26.9 Å². The average Bonchev–Trinajstić information content (AvgIpc) is 3.02. The lowest BCUT2D eigenvalue weighted by molar-refractivity contribution is -0.120. The molecule has 0 bridgehead atoms. The number of hydrogen-bond acceptors (Lipinski definition) is 5. The maximum absolute atomic E-state index is 12.2. The van der Waals surface area contributed by atoms with Gasteiger partial charge in [0.2, 0.25) is 10.9 Å². The largest absolute Gasteiger partial charge is 0.497 e. The van der Waals surface area contributed by atoms with Crippen LogP contribution < -0.4 is 10.1 Å². The number of nitrogens with one attached hydrogen (secondary N) is 1. The smallest absolute Gasteiger partial charge is 0.224 e. The Balaban J connectivity index is 1.68. The molecule has 8 heteroatoms. The molecule has 2 heterocycles. The Hall–Kier alpha value is -2.12. The average molecular weight is 365 g/mol. The van der Waals surface area contributed by atoms with E-state index in [1.165, 1.54) is 11.3 Å². The van der Waals surface area contributed by atoms with Crippen LogP contribution in [0.2, 0.25) is 5.02 Å². The summed E-state index contributed by atoms with van der Waals surface area (Å²) in [6.45, 7) is 4.23. The van der Waals surface area contributed by atoms with Crippen LogP contribution in [0.5, 0.6) is 5.75 Å². The van der Waals surface area contributed by atoms with Gasteiger partial charge in [-0.15, -0.1) is 0 Å². The number of amides is 1. The second kappa shape index (κ2) is 6.78. The van der Waals surface area contributed by atoms with E-state index >= 15 is 0 Å². The molecule has 1 aromatic carbocycles. The standard InChI is InChI=1S/C16H17ClN4O2S/c1-9-14(21-16(19-9)24-10(2)20-21)8-18-15(22)6-11-4-5-12(23-3)7-13(11)17/h4-5,7H,6,8H2,1-3H3,(H,18,22). The summed E-state index contributed by atoms with van der Waals surface area (Å²) in [4.78, 5) is 17.5. The summed E-state index contributed by atoms with van der Waals surface area (Å²) in [6.07, 6.45) is 0.208. The molecule has 0 unspecified atom stereocenters. The van der Waals surface area contributed by atoms with Crippen molar-refractivity contribution in [3.05, 3.63) is 45.2 Å². The number of ether oxygens (including phenoxy) is 1. The molecule has 3 rings (SSSR count). The predicted molar refractivity (Wildman–Crippen MR) is 93.9 cm³/mol. The van der Waals surface area contributed by atoms with Crippen molar-refractivity contribution in [1.29, 1.82) is 0 Å². The zero-order valence-electron chi connectivity index (χ0n) is 13.6. The van der Waals surface area contributed by atoms with Gasteiger partial charge in [-0.3, -0.25) is 4.79 Å². The highest BCUT2D eigenvalue weighted by atomic mass is 35.5. The molecule has 0 saturated heterocycles. The molecule has 1 N–H and O–H groups in total. The third-order valence-electron chi connectivity index (χ3n) is 3.66. The van der Waals surface area contributed by atoms with Gasteiger partial charge >= 0.3 is 0 Å². The SMILES string of the molecule is COc1ccc(CC(=O)NCc2c(C)nc3sc(C)nn23)c(Cl)c1. The van der Waals surface area contributed by atoms with E-state index in [-0.39, 0.29) is 12.3 Å². The first-order chi connectivity index (χ1) is 11.5. The first-order valence-corrected chi connectivity index (χ1v) is 8.58. The number of carbonyl (C=O) groups is 1. The highest BCUT2D eigenvalue weighted by molar-refractivity contribution is 7.16. The van der Waals surface area contributed by atoms with Crippen LogP contribution in [0.25, 0.3) is 4.96 Å². The van der Waals surface area contributed by atoms with Gasteiger partial charge < -0.3 is 10.1 Å². The Kier molecular flexibility index (Phi) is 4.73. The van der Waals surface area contributed by atoms with E-state index in [0.29, 0.717) is 17.3 Å². The molecule has 0 aliphatic heterocycles. The van der Waals surface area contributed by atoms with Gasteiger partial charge in [0.1, 0.15) is 10.8 Å². The van der Waals surface area contributed by atoms with Gasteiger partial charge in [0.25, 0.3) is 0 Å². The van der Waals surface area contributed by atoms with Crippen LogP contribution in [0.1, 0.15) is 22.0 Å². The molecule has 3 aromatic rings. The zero-order chi connectivity index (χ0) is 17.3. The van der Waals surface area contributed by atoms with E-state index in [1.807, 2.05) is 13.8 Å². The maximum Gasteiger partial charge on any atom is 0.224 e. The number of benzene rings is 1. The second-order valence-corrected chi connectivity index (χ2v) is 6.94. The molecule has 0 radical (unpaired) electrons. The Morgan fingerprint density at radius 2 is 2.21 bits per heavy atom. The Morgan fingerprint density at radius 3 is 2.92 bits per heavy atom. The van der Waals surface area contributed by atoms with Crippen LogP contribution in [0.15, 0.2) is 18.2 Å². The topological polar surface area (TPSA) is 68.5 Å². The molecule has 0 saturated carbocycles. The van der Waals surface area contributed by atoms with Crippen molar-refractivity contribution in [2.75, 3.05) is 7.11 Å². The van der Waals surface area contributed by atoms with E-state index < -0.39 is 0 Å². The highest BCUT2D eigenvalue weighted by Gasteiger charge is 2.14. The summed E-state index contributed by atoms with van der Waals surface area (Å²) < 4.78 is 6.89. The molecular weight excluding hydrogens is 348 g/mol. The van der Waals surface area contributed by atoms with Crippen molar-refractivity contribution in [3.63, 3.8) is 0 Å². The van der Waals surface area contributed by atoms with Crippen molar-refractivity contribution in [3.8, 4) is 5.75 Å². The quantitative estimate of drug-likeness (QED) is 0.755. The lowest BCUT2D eigenvalue weighted by atomic mass is 10.1. The van der Waals surface area contributed by atoms with E-state index in [4.69, 9.17) is 16.3 Å². The van der Waals surface area contributed by atoms with Crippen LogP contribution in [0.3, 0.4) is 0 Å². The minimum Gasteiger partial charge on any atom is -0.497 e. The number of methoxy groups -OCH3 is 1. The van der Waals surface area contributed by atoms with Gasteiger partial charge in [-0.1, -0.05) is 29.0 Å². The van der Waals surface area contributed by atoms with Crippen molar-refractivity contribution < 1.29 is 9.53 Å². The molecule has 0 aliphatic carbocycles. The van der Waals surface area contributed by atoms with Gasteiger partial charge in [-0.2, -0.15) is 5.10 Å². The van der Waals surface area contributed by atoms with E-state index in [1.54, 1.807) is 29.8 Å². The molecule has 0 atom stereocenters. The number of imidazole rings is 1. The van der Waals surface area contributed by atoms with Crippen molar-refractivity contribution in [1.82, 2.24) is 19.9 Å². The monoisotopic (exact) mass is 364 g/mol. The highest BCUT2D eigenvalue weighted by Crippen LogP contribution is 2.23. The molecule has 126 valence electrons. The van der Waals surface area contributed by atoms with E-state index in [2.05, 4.69) is 15.4 Å². The lowest BCUT2D eigenvalue weighted by Gasteiger charge is -2.08. The number of fused-ring (bicyclic) bond motifs is 1. The van der Waals surface area contributed by atoms with Crippen molar-refractivity contribution in [2.24, 2.45) is 0 Å². The van der Waals surface area contributed by atoms with Gasteiger partial charge in [0.15, 0.2) is 0 Å². The summed E-state index contributed by atoms with van der Waals surface area (Å²) in [5, 5.41) is 8.78. The van der Waals surface area contributed by atoms with Crippen molar-refractivity contribution >= 4 is 33.8 Å². The number of nitrogens with zero attached hydrogens (tertiary/aromatic N) is 3. The minimum atomic E-state index is -0.108. The van der Waals surface area contributed by atoms with Crippen LogP contribution in [-0.4, -0.2) is 27.6 Å². The molecule has 0 spiro atoms. The van der Waals surface area contributed by atoms with Gasteiger partial charge in [0, 0.05) is 5.02 Å². The van der Waals surface area contributed by atoms with Crippen molar-refractivity contribution in [2.45, 2.75) is 26.8 Å². The summed E-state index contributed by atoms with van der Waals surface area (Å²) in [6, 6.07) is 5.29. The fraction of sp³-hybridized carbons (Fsp3) is 0.312. The van der Waals surface area contributed by atoms with Crippen LogP contribution >= 0.6 is 22.9 Å². The second-order valence-electron chi connectivity index (χ2n) is 5.37. The first kappa shape index (κ1) is 16.7. The third-order valence-corrected chi connectivity index (χ3v) is 4.84. The predicted octanol–water partition coefficient (Wildman–Crippen LogP) is 2.93. The number of halogens is 1. The van der Waals surface area contributed by atoms with Crippen LogP contribution in [-0.2, 0) is 17.8 Å². The first-order valence-electron chi connectivity index (χ1n) is 7.38. The summed E-state index contributed by atoms with van der Waals surface area (Å²) >= 11 is 7.70. The Bertz CT molecular complexity index is 903. The summed E-state index contributed by atoms with van der Waals surface area (Å²) in [5.74, 6) is 0.559. The number of carbonyl (C=O) groups excluding carboxylic acids is 1. The summed E-state index contributed by atoms with van der Waals surface area (Å²) in [5.41, 5.74) is 2.52. The molecule has 6 nitrogen and oxygen atoms in total. The number of hydrogen-bond donors (Lipinski definition) is 1. The van der Waals surface area contributed by atoms with Gasteiger partial charge in [-0.25, -0.2) is 9.50 Å².